The smallest absolute Gasteiger partial charge is 0.271 e. The maximum absolute atomic E-state index is 12.1. The SMILES string of the molecule is O=C(Cc1ccc2c(c1)OCCC2=O)Nc1cccc([N+](=O)[O-])c1. The molecule has 0 unspecified atom stereocenters. The third kappa shape index (κ3) is 3.40. The number of carbonyl (C=O) groups is 2. The summed E-state index contributed by atoms with van der Waals surface area (Å²) in [6.45, 7) is 0.342. The normalized spacial score (nSPS) is 12.9. The zero-order valence-electron chi connectivity index (χ0n) is 12.7. The minimum Gasteiger partial charge on any atom is -0.492 e. The first-order valence-corrected chi connectivity index (χ1v) is 7.36. The van der Waals surface area contributed by atoms with Gasteiger partial charge in [-0.1, -0.05) is 12.1 Å². The van der Waals surface area contributed by atoms with Crippen molar-refractivity contribution in [3.05, 3.63) is 63.7 Å². The van der Waals surface area contributed by atoms with Crippen molar-refractivity contribution >= 4 is 23.1 Å². The summed E-state index contributed by atoms with van der Waals surface area (Å²) in [6, 6.07) is 10.8. The fourth-order valence-electron chi connectivity index (χ4n) is 2.50. The number of hydrogen-bond acceptors (Lipinski definition) is 5. The van der Waals surface area contributed by atoms with Gasteiger partial charge in [-0.3, -0.25) is 19.7 Å². The molecule has 0 aliphatic carbocycles. The highest BCUT2D eigenvalue weighted by atomic mass is 16.6. The third-order valence-electron chi connectivity index (χ3n) is 3.64. The summed E-state index contributed by atoms with van der Waals surface area (Å²) in [5.74, 6) is 0.216. The maximum atomic E-state index is 12.1. The standard InChI is InChI=1S/C17H14N2O5/c20-15-6-7-24-16-8-11(4-5-14(15)16)9-17(21)18-12-2-1-3-13(10-12)19(22)23/h1-5,8,10H,6-7,9H2,(H,18,21). The minimum atomic E-state index is -0.520. The number of anilines is 1. The van der Waals surface area contributed by atoms with Crippen LogP contribution < -0.4 is 10.1 Å². The van der Waals surface area contributed by atoms with Crippen molar-refractivity contribution in [1.29, 1.82) is 0 Å². The Morgan fingerprint density at radius 2 is 2.08 bits per heavy atom. The molecule has 0 spiro atoms. The number of non-ortho nitro benzene ring substituents is 1. The van der Waals surface area contributed by atoms with E-state index in [-0.39, 0.29) is 23.8 Å². The molecular weight excluding hydrogens is 312 g/mol. The van der Waals surface area contributed by atoms with E-state index in [0.29, 0.717) is 35.6 Å². The van der Waals surface area contributed by atoms with Gasteiger partial charge in [-0.25, -0.2) is 0 Å². The number of benzene rings is 2. The summed E-state index contributed by atoms with van der Waals surface area (Å²) in [6.07, 6.45) is 0.438. The van der Waals surface area contributed by atoms with Gasteiger partial charge in [0.2, 0.25) is 5.91 Å². The Labute approximate surface area is 137 Å². The topological polar surface area (TPSA) is 98.5 Å². The Morgan fingerprint density at radius 1 is 1.25 bits per heavy atom. The minimum absolute atomic E-state index is 0.0313. The molecule has 122 valence electrons. The zero-order chi connectivity index (χ0) is 17.1. The van der Waals surface area contributed by atoms with Crippen LogP contribution in [-0.4, -0.2) is 23.2 Å². The van der Waals surface area contributed by atoms with E-state index < -0.39 is 4.92 Å². The number of nitro benzene ring substituents is 1. The molecule has 7 nitrogen and oxygen atoms in total. The van der Waals surface area contributed by atoms with Gasteiger partial charge in [0, 0.05) is 24.2 Å². The van der Waals surface area contributed by atoms with Crippen LogP contribution in [0.2, 0.25) is 0 Å². The van der Waals surface area contributed by atoms with E-state index >= 15 is 0 Å². The lowest BCUT2D eigenvalue weighted by molar-refractivity contribution is -0.384. The van der Waals surface area contributed by atoms with Gasteiger partial charge in [0.05, 0.1) is 23.5 Å². The highest BCUT2D eigenvalue weighted by Gasteiger charge is 2.19. The number of Topliss-reactive ketones (excluding diaryl/α,β-unsaturated/α-hetero) is 1. The van der Waals surface area contributed by atoms with E-state index in [9.17, 15) is 19.7 Å². The van der Waals surface area contributed by atoms with Crippen molar-refractivity contribution in [2.45, 2.75) is 12.8 Å². The molecule has 0 bridgehead atoms. The van der Waals surface area contributed by atoms with Crippen molar-refractivity contribution in [2.24, 2.45) is 0 Å². The second-order valence-corrected chi connectivity index (χ2v) is 5.38. The Balaban J connectivity index is 1.70. The van der Waals surface area contributed by atoms with Crippen LogP contribution in [0.25, 0.3) is 0 Å². The first-order chi connectivity index (χ1) is 11.5. The molecule has 2 aromatic rings. The molecule has 0 saturated carbocycles. The Morgan fingerprint density at radius 3 is 2.88 bits per heavy atom. The van der Waals surface area contributed by atoms with Gasteiger partial charge in [-0.05, 0) is 23.8 Å². The first kappa shape index (κ1) is 15.7. The Hall–Kier alpha value is -3.22. The van der Waals surface area contributed by atoms with Crippen molar-refractivity contribution in [3.8, 4) is 5.75 Å². The van der Waals surface area contributed by atoms with Crippen LogP contribution in [0, 0.1) is 10.1 Å². The quantitative estimate of drug-likeness (QED) is 0.688. The van der Waals surface area contributed by atoms with Gasteiger partial charge in [-0.15, -0.1) is 0 Å². The van der Waals surface area contributed by atoms with E-state index in [0.717, 1.165) is 0 Å². The van der Waals surface area contributed by atoms with Gasteiger partial charge in [0.15, 0.2) is 5.78 Å². The molecular formula is C17H14N2O5. The number of ketones is 1. The molecule has 7 heteroatoms. The summed E-state index contributed by atoms with van der Waals surface area (Å²) in [7, 11) is 0. The number of rotatable bonds is 4. The molecule has 3 rings (SSSR count). The molecule has 1 aliphatic heterocycles. The molecule has 1 amide bonds. The van der Waals surface area contributed by atoms with Crippen LogP contribution in [-0.2, 0) is 11.2 Å². The summed E-state index contributed by atoms with van der Waals surface area (Å²) < 4.78 is 5.45. The number of amides is 1. The van der Waals surface area contributed by atoms with Crippen LogP contribution in [0.3, 0.4) is 0 Å². The number of carbonyl (C=O) groups excluding carboxylic acids is 2. The van der Waals surface area contributed by atoms with E-state index in [1.54, 1.807) is 24.3 Å². The second kappa shape index (κ2) is 6.49. The average molecular weight is 326 g/mol. The van der Waals surface area contributed by atoms with Gasteiger partial charge in [-0.2, -0.15) is 0 Å². The lowest BCUT2D eigenvalue weighted by atomic mass is 10.0. The molecule has 24 heavy (non-hydrogen) atoms. The molecule has 1 aliphatic rings. The molecule has 0 saturated heterocycles. The third-order valence-corrected chi connectivity index (χ3v) is 3.64. The highest BCUT2D eigenvalue weighted by Crippen LogP contribution is 2.26. The van der Waals surface area contributed by atoms with Crippen LogP contribution >= 0.6 is 0 Å². The highest BCUT2D eigenvalue weighted by molar-refractivity contribution is 6.00. The van der Waals surface area contributed by atoms with Crippen LogP contribution in [0.1, 0.15) is 22.3 Å². The predicted molar refractivity (Wildman–Crippen MR) is 86.3 cm³/mol. The van der Waals surface area contributed by atoms with Crippen molar-refractivity contribution in [1.82, 2.24) is 0 Å². The van der Waals surface area contributed by atoms with Gasteiger partial charge >= 0.3 is 0 Å². The molecule has 2 aromatic carbocycles. The van der Waals surface area contributed by atoms with Gasteiger partial charge in [0.1, 0.15) is 5.75 Å². The summed E-state index contributed by atoms with van der Waals surface area (Å²) in [5.41, 5.74) is 1.50. The van der Waals surface area contributed by atoms with Crippen molar-refractivity contribution in [2.75, 3.05) is 11.9 Å². The number of nitrogens with zero attached hydrogens (tertiary/aromatic N) is 1. The first-order valence-electron chi connectivity index (χ1n) is 7.36. The number of hydrogen-bond donors (Lipinski definition) is 1. The maximum Gasteiger partial charge on any atom is 0.271 e. The van der Waals surface area contributed by atoms with Crippen LogP contribution in [0.4, 0.5) is 11.4 Å². The molecule has 1 heterocycles. The summed E-state index contributed by atoms with van der Waals surface area (Å²) >= 11 is 0. The fourth-order valence-corrected chi connectivity index (χ4v) is 2.50. The van der Waals surface area contributed by atoms with E-state index in [1.807, 2.05) is 0 Å². The molecule has 1 N–H and O–H groups in total. The zero-order valence-corrected chi connectivity index (χ0v) is 12.7. The van der Waals surface area contributed by atoms with Crippen molar-refractivity contribution in [3.63, 3.8) is 0 Å². The molecule has 0 atom stereocenters. The lowest BCUT2D eigenvalue weighted by Crippen LogP contribution is -2.17. The fraction of sp³-hybridized carbons (Fsp3) is 0.176. The second-order valence-electron chi connectivity index (χ2n) is 5.38. The van der Waals surface area contributed by atoms with E-state index in [4.69, 9.17) is 4.74 Å². The van der Waals surface area contributed by atoms with Gasteiger partial charge < -0.3 is 10.1 Å². The van der Waals surface area contributed by atoms with E-state index in [1.165, 1.54) is 18.2 Å². The van der Waals surface area contributed by atoms with Gasteiger partial charge in [0.25, 0.3) is 5.69 Å². The van der Waals surface area contributed by atoms with E-state index in [2.05, 4.69) is 5.32 Å². The van der Waals surface area contributed by atoms with Crippen LogP contribution in [0.5, 0.6) is 5.75 Å². The van der Waals surface area contributed by atoms with Crippen LogP contribution in [0.15, 0.2) is 42.5 Å². The summed E-state index contributed by atoms with van der Waals surface area (Å²) in [4.78, 5) is 34.1. The molecule has 0 fully saturated rings. The Bertz CT molecular complexity index is 831. The largest absolute Gasteiger partial charge is 0.492 e. The molecule has 0 aromatic heterocycles. The predicted octanol–water partition coefficient (Wildman–Crippen LogP) is 2.74. The average Bonchev–Trinajstić information content (AvgIpc) is 2.55. The number of ether oxygens (including phenoxy) is 1. The number of nitro groups is 1. The lowest BCUT2D eigenvalue weighted by Gasteiger charge is -2.17. The summed E-state index contributed by atoms with van der Waals surface area (Å²) in [5, 5.41) is 13.4. The van der Waals surface area contributed by atoms with Crippen molar-refractivity contribution < 1.29 is 19.2 Å². The monoisotopic (exact) mass is 326 g/mol. The number of nitrogens with one attached hydrogen (secondary N) is 1. The Kier molecular flexibility index (Phi) is 4.24. The molecule has 0 radical (unpaired) electrons. The number of fused-ring (bicyclic) bond motifs is 1.